The zero-order valence-corrected chi connectivity index (χ0v) is 11.8. The molecule has 0 saturated carbocycles. The van der Waals surface area contributed by atoms with Crippen LogP contribution in [-0.4, -0.2) is 31.3 Å². The molecule has 0 radical (unpaired) electrons. The van der Waals surface area contributed by atoms with Crippen molar-refractivity contribution in [1.82, 2.24) is 4.90 Å². The maximum absolute atomic E-state index is 5.86. The summed E-state index contributed by atoms with van der Waals surface area (Å²) in [5, 5.41) is 1.18. The topological polar surface area (TPSA) is 42.4 Å². The van der Waals surface area contributed by atoms with Gasteiger partial charge in [-0.25, -0.2) is 0 Å². The number of rotatable bonds is 6. The molecule has 0 bridgehead atoms. The van der Waals surface area contributed by atoms with E-state index in [1.807, 2.05) is 11.8 Å². The standard InChI is InChI=1S/C14H20N2OS/c1-16(2)9-11-3-4-12-8-13(10-18-6-5-15)17-14(12)7-11/h3-4,7-8H,5-6,9-10,15H2,1-2H3. The van der Waals surface area contributed by atoms with E-state index < -0.39 is 0 Å². The Morgan fingerprint density at radius 3 is 2.83 bits per heavy atom. The van der Waals surface area contributed by atoms with Gasteiger partial charge in [-0.3, -0.25) is 0 Å². The van der Waals surface area contributed by atoms with Crippen LogP contribution < -0.4 is 5.73 Å². The third kappa shape index (κ3) is 3.51. The normalized spacial score (nSPS) is 11.6. The summed E-state index contributed by atoms with van der Waals surface area (Å²) >= 11 is 1.81. The van der Waals surface area contributed by atoms with Gasteiger partial charge in [-0.1, -0.05) is 12.1 Å². The third-order valence-electron chi connectivity index (χ3n) is 2.64. The van der Waals surface area contributed by atoms with E-state index >= 15 is 0 Å². The molecule has 0 aliphatic carbocycles. The summed E-state index contributed by atoms with van der Waals surface area (Å²) in [4.78, 5) is 2.15. The molecule has 0 unspecified atom stereocenters. The Hall–Kier alpha value is -0.970. The number of fused-ring (bicyclic) bond motifs is 1. The zero-order valence-electron chi connectivity index (χ0n) is 11.0. The van der Waals surface area contributed by atoms with Crippen molar-refractivity contribution in [2.75, 3.05) is 26.4 Å². The van der Waals surface area contributed by atoms with Crippen molar-refractivity contribution < 1.29 is 4.42 Å². The van der Waals surface area contributed by atoms with Gasteiger partial charge in [0.1, 0.15) is 11.3 Å². The summed E-state index contributed by atoms with van der Waals surface area (Å²) in [6, 6.07) is 8.55. The van der Waals surface area contributed by atoms with Gasteiger partial charge in [0, 0.05) is 24.2 Å². The lowest BCUT2D eigenvalue weighted by molar-refractivity contribution is 0.402. The molecule has 3 nitrogen and oxygen atoms in total. The molecule has 1 heterocycles. The van der Waals surface area contributed by atoms with Crippen LogP contribution in [0.3, 0.4) is 0 Å². The van der Waals surface area contributed by atoms with Crippen molar-refractivity contribution in [1.29, 1.82) is 0 Å². The van der Waals surface area contributed by atoms with Crippen molar-refractivity contribution >= 4 is 22.7 Å². The Balaban J connectivity index is 2.12. The Labute approximate surface area is 112 Å². The van der Waals surface area contributed by atoms with Crippen LogP contribution in [-0.2, 0) is 12.3 Å². The molecule has 0 aliphatic rings. The summed E-state index contributed by atoms with van der Waals surface area (Å²) in [5.41, 5.74) is 7.74. The van der Waals surface area contributed by atoms with Gasteiger partial charge in [0.05, 0.1) is 5.75 Å². The molecule has 4 heteroatoms. The molecule has 2 N–H and O–H groups in total. The summed E-state index contributed by atoms with van der Waals surface area (Å²) < 4.78 is 5.86. The van der Waals surface area contributed by atoms with Gasteiger partial charge in [0.15, 0.2) is 0 Å². The number of benzene rings is 1. The maximum Gasteiger partial charge on any atom is 0.134 e. The molecule has 1 aromatic carbocycles. The van der Waals surface area contributed by atoms with Gasteiger partial charge in [0.2, 0.25) is 0 Å². The average molecular weight is 264 g/mol. The number of furan rings is 1. The lowest BCUT2D eigenvalue weighted by Crippen LogP contribution is -2.10. The minimum Gasteiger partial charge on any atom is -0.460 e. The fourth-order valence-corrected chi connectivity index (χ4v) is 2.58. The third-order valence-corrected chi connectivity index (χ3v) is 3.65. The van der Waals surface area contributed by atoms with Crippen LogP contribution in [0.1, 0.15) is 11.3 Å². The molecular weight excluding hydrogens is 244 g/mol. The summed E-state index contributed by atoms with van der Waals surface area (Å²) in [6.07, 6.45) is 0. The van der Waals surface area contributed by atoms with Gasteiger partial charge in [-0.2, -0.15) is 11.8 Å². The molecular formula is C14H20N2OS. The van der Waals surface area contributed by atoms with Crippen LogP contribution in [0.15, 0.2) is 28.7 Å². The quantitative estimate of drug-likeness (QED) is 0.815. The van der Waals surface area contributed by atoms with Crippen LogP contribution in [0.25, 0.3) is 11.0 Å². The lowest BCUT2D eigenvalue weighted by Gasteiger charge is -2.08. The molecule has 18 heavy (non-hydrogen) atoms. The van der Waals surface area contributed by atoms with Gasteiger partial charge in [-0.15, -0.1) is 0 Å². The minimum absolute atomic E-state index is 0.720. The molecule has 0 spiro atoms. The summed E-state index contributed by atoms with van der Waals surface area (Å²) in [6.45, 7) is 1.66. The Morgan fingerprint density at radius 1 is 1.28 bits per heavy atom. The van der Waals surface area contributed by atoms with Crippen LogP contribution in [0.4, 0.5) is 0 Å². The largest absolute Gasteiger partial charge is 0.460 e. The van der Waals surface area contributed by atoms with Gasteiger partial charge in [-0.05, 0) is 31.8 Å². The molecule has 1 aromatic heterocycles. The van der Waals surface area contributed by atoms with E-state index in [2.05, 4.69) is 43.3 Å². The molecule has 98 valence electrons. The van der Waals surface area contributed by atoms with Crippen LogP contribution >= 0.6 is 11.8 Å². The monoisotopic (exact) mass is 264 g/mol. The molecule has 0 saturated heterocycles. The van der Waals surface area contributed by atoms with E-state index in [0.717, 1.165) is 35.9 Å². The Morgan fingerprint density at radius 2 is 2.11 bits per heavy atom. The average Bonchev–Trinajstić information content (AvgIpc) is 2.70. The summed E-state index contributed by atoms with van der Waals surface area (Å²) in [7, 11) is 4.14. The van der Waals surface area contributed by atoms with E-state index in [4.69, 9.17) is 10.2 Å². The molecule has 0 aliphatic heterocycles. The second kappa shape index (κ2) is 6.27. The second-order valence-electron chi connectivity index (χ2n) is 4.66. The Kier molecular flexibility index (Phi) is 4.69. The highest BCUT2D eigenvalue weighted by Gasteiger charge is 2.05. The number of hydrogen-bond acceptors (Lipinski definition) is 4. The molecule has 0 atom stereocenters. The number of nitrogens with two attached hydrogens (primary N) is 1. The highest BCUT2D eigenvalue weighted by molar-refractivity contribution is 7.98. The lowest BCUT2D eigenvalue weighted by atomic mass is 10.1. The second-order valence-corrected chi connectivity index (χ2v) is 5.77. The van der Waals surface area contributed by atoms with Crippen LogP contribution in [0, 0.1) is 0 Å². The van der Waals surface area contributed by atoms with Gasteiger partial charge >= 0.3 is 0 Å². The van der Waals surface area contributed by atoms with E-state index in [1.54, 1.807) is 0 Å². The van der Waals surface area contributed by atoms with Crippen LogP contribution in [0.5, 0.6) is 0 Å². The fraction of sp³-hybridized carbons (Fsp3) is 0.429. The summed E-state index contributed by atoms with van der Waals surface area (Å²) in [5.74, 6) is 2.91. The first-order chi connectivity index (χ1) is 8.69. The maximum atomic E-state index is 5.86. The van der Waals surface area contributed by atoms with Crippen molar-refractivity contribution in [3.63, 3.8) is 0 Å². The van der Waals surface area contributed by atoms with Crippen molar-refractivity contribution in [2.24, 2.45) is 5.73 Å². The van der Waals surface area contributed by atoms with Crippen molar-refractivity contribution in [3.8, 4) is 0 Å². The first kappa shape index (κ1) is 13.5. The smallest absolute Gasteiger partial charge is 0.134 e. The molecule has 0 amide bonds. The SMILES string of the molecule is CN(C)Cc1ccc2cc(CSCCN)oc2c1. The number of nitrogens with zero attached hydrogens (tertiary/aromatic N) is 1. The number of hydrogen-bond donors (Lipinski definition) is 1. The number of thioether (sulfide) groups is 1. The van der Waals surface area contributed by atoms with E-state index in [1.165, 1.54) is 10.9 Å². The zero-order chi connectivity index (χ0) is 13.0. The Bertz CT molecular complexity index is 507. The predicted molar refractivity (Wildman–Crippen MR) is 78.8 cm³/mol. The first-order valence-corrected chi connectivity index (χ1v) is 7.28. The highest BCUT2D eigenvalue weighted by Crippen LogP contribution is 2.24. The van der Waals surface area contributed by atoms with E-state index in [9.17, 15) is 0 Å². The highest BCUT2D eigenvalue weighted by atomic mass is 32.2. The van der Waals surface area contributed by atoms with Gasteiger partial charge in [0.25, 0.3) is 0 Å². The molecule has 0 fully saturated rings. The van der Waals surface area contributed by atoms with E-state index in [-0.39, 0.29) is 0 Å². The molecule has 2 aromatic rings. The minimum atomic E-state index is 0.720. The first-order valence-electron chi connectivity index (χ1n) is 6.13. The predicted octanol–water partition coefficient (Wildman–Crippen LogP) is 2.69. The van der Waals surface area contributed by atoms with Crippen molar-refractivity contribution in [2.45, 2.75) is 12.3 Å². The molecule has 2 rings (SSSR count). The van der Waals surface area contributed by atoms with Crippen molar-refractivity contribution in [3.05, 3.63) is 35.6 Å². The van der Waals surface area contributed by atoms with E-state index in [0.29, 0.717) is 0 Å². The fourth-order valence-electron chi connectivity index (χ4n) is 1.92. The van der Waals surface area contributed by atoms with Gasteiger partial charge < -0.3 is 15.1 Å². The van der Waals surface area contributed by atoms with Crippen LogP contribution in [0.2, 0.25) is 0 Å².